The molecule has 4 rings (SSSR count). The van der Waals surface area contributed by atoms with Gasteiger partial charge in [0.15, 0.2) is 11.6 Å². The number of para-hydroxylation sites is 1. The van der Waals surface area contributed by atoms with Crippen molar-refractivity contribution in [1.82, 2.24) is 9.97 Å². The number of anilines is 2. The van der Waals surface area contributed by atoms with E-state index < -0.39 is 5.92 Å². The maximum Gasteiger partial charge on any atom is 0.231 e. The minimum Gasteiger partial charge on any atom is -0.485 e. The number of carbonyl (C=O) groups excluding carboxylic acids is 2. The summed E-state index contributed by atoms with van der Waals surface area (Å²) in [5, 5.41) is 2.82. The van der Waals surface area contributed by atoms with Crippen LogP contribution in [-0.2, 0) is 16.2 Å². The van der Waals surface area contributed by atoms with Crippen molar-refractivity contribution in [3.63, 3.8) is 0 Å². The second-order valence-electron chi connectivity index (χ2n) is 6.84. The predicted octanol–water partition coefficient (Wildman–Crippen LogP) is 3.81. The Morgan fingerprint density at radius 2 is 1.93 bits per heavy atom. The molecule has 3 heterocycles. The molecule has 0 saturated carbocycles. The van der Waals surface area contributed by atoms with Crippen LogP contribution < -0.4 is 15.0 Å². The fraction of sp³-hybridized carbons (Fsp3) is 0.182. The molecule has 30 heavy (non-hydrogen) atoms. The molecule has 8 heteroatoms. The van der Waals surface area contributed by atoms with Crippen LogP contribution in [0.3, 0.4) is 0 Å². The molecule has 0 bridgehead atoms. The molecule has 1 fully saturated rings. The van der Waals surface area contributed by atoms with E-state index >= 15 is 0 Å². The van der Waals surface area contributed by atoms with Crippen LogP contribution in [-0.4, -0.2) is 28.3 Å². The van der Waals surface area contributed by atoms with Gasteiger partial charge < -0.3 is 15.0 Å². The normalized spacial score (nSPS) is 15.8. The Morgan fingerprint density at radius 3 is 2.73 bits per heavy atom. The molecule has 0 spiro atoms. The Balaban J connectivity index is 1.43. The lowest BCUT2D eigenvalue weighted by Crippen LogP contribution is -2.28. The first kappa shape index (κ1) is 20.0. The van der Waals surface area contributed by atoms with Crippen molar-refractivity contribution in [2.24, 2.45) is 5.92 Å². The van der Waals surface area contributed by atoms with Gasteiger partial charge in [0.05, 0.1) is 11.6 Å². The van der Waals surface area contributed by atoms with Crippen LogP contribution in [0.4, 0.5) is 11.5 Å². The molecule has 1 aliphatic heterocycles. The number of ether oxygens (including phenoxy) is 1. The van der Waals surface area contributed by atoms with Crippen LogP contribution in [0.5, 0.6) is 5.75 Å². The molecule has 3 aromatic rings. The van der Waals surface area contributed by atoms with Crippen molar-refractivity contribution in [3.05, 3.63) is 77.2 Å². The van der Waals surface area contributed by atoms with E-state index in [9.17, 15) is 9.59 Å². The van der Waals surface area contributed by atoms with E-state index in [4.69, 9.17) is 4.74 Å². The summed E-state index contributed by atoms with van der Waals surface area (Å²) in [6, 6.07) is 14.7. The monoisotopic (exact) mass is 466 g/mol. The van der Waals surface area contributed by atoms with Gasteiger partial charge in [0.2, 0.25) is 11.8 Å². The Bertz CT molecular complexity index is 1060. The third-order valence-electron chi connectivity index (χ3n) is 4.80. The van der Waals surface area contributed by atoms with Gasteiger partial charge in [0.25, 0.3) is 0 Å². The average Bonchev–Trinajstić information content (AvgIpc) is 3.16. The summed E-state index contributed by atoms with van der Waals surface area (Å²) in [5.41, 5.74) is 1.72. The van der Waals surface area contributed by atoms with Crippen molar-refractivity contribution >= 4 is 39.2 Å². The Morgan fingerprint density at radius 1 is 1.13 bits per heavy atom. The number of carbonyl (C=O) groups is 2. The average molecular weight is 467 g/mol. The zero-order valence-electron chi connectivity index (χ0n) is 16.0. The molecular formula is C22H19BrN4O3. The molecular weight excluding hydrogens is 448 g/mol. The van der Waals surface area contributed by atoms with E-state index in [-0.39, 0.29) is 18.2 Å². The van der Waals surface area contributed by atoms with E-state index in [0.717, 1.165) is 15.7 Å². The molecule has 152 valence electrons. The van der Waals surface area contributed by atoms with Gasteiger partial charge in [0, 0.05) is 36.0 Å². The number of halogens is 1. The zero-order chi connectivity index (χ0) is 20.9. The molecule has 1 atom stereocenters. The molecule has 1 N–H and O–H groups in total. The molecule has 0 radical (unpaired) electrons. The highest BCUT2D eigenvalue weighted by molar-refractivity contribution is 9.10. The third kappa shape index (κ3) is 4.49. The first-order valence-corrected chi connectivity index (χ1v) is 10.2. The summed E-state index contributed by atoms with van der Waals surface area (Å²) >= 11 is 3.47. The smallest absolute Gasteiger partial charge is 0.231 e. The highest BCUT2D eigenvalue weighted by atomic mass is 79.9. The highest BCUT2D eigenvalue weighted by Crippen LogP contribution is 2.32. The van der Waals surface area contributed by atoms with Gasteiger partial charge >= 0.3 is 0 Å². The number of benzene rings is 1. The number of aromatic nitrogens is 2. The number of hydrogen-bond acceptors (Lipinski definition) is 5. The first-order chi connectivity index (χ1) is 14.6. The van der Waals surface area contributed by atoms with Gasteiger partial charge in [-0.2, -0.15) is 0 Å². The molecule has 2 amide bonds. The van der Waals surface area contributed by atoms with Crippen molar-refractivity contribution in [2.75, 3.05) is 16.8 Å². The lowest BCUT2D eigenvalue weighted by molar-refractivity contribution is -0.122. The summed E-state index contributed by atoms with van der Waals surface area (Å²) in [4.78, 5) is 35.2. The largest absolute Gasteiger partial charge is 0.485 e. The number of nitrogens with zero attached hydrogens (tertiary/aromatic N) is 3. The number of hydrogen-bond donors (Lipinski definition) is 1. The number of rotatable bonds is 6. The lowest BCUT2D eigenvalue weighted by atomic mass is 10.1. The van der Waals surface area contributed by atoms with E-state index in [1.807, 2.05) is 36.4 Å². The van der Waals surface area contributed by atoms with E-state index in [1.54, 1.807) is 35.6 Å². The van der Waals surface area contributed by atoms with Crippen molar-refractivity contribution in [3.8, 4) is 5.75 Å². The van der Waals surface area contributed by atoms with Crippen LogP contribution in [0, 0.1) is 5.92 Å². The van der Waals surface area contributed by atoms with Crippen LogP contribution in [0.1, 0.15) is 12.0 Å². The topological polar surface area (TPSA) is 84.4 Å². The number of amides is 2. The molecule has 1 unspecified atom stereocenters. The number of nitrogens with one attached hydrogen (secondary N) is 1. The van der Waals surface area contributed by atoms with Crippen molar-refractivity contribution in [2.45, 2.75) is 13.0 Å². The van der Waals surface area contributed by atoms with Gasteiger partial charge in [-0.15, -0.1) is 0 Å². The van der Waals surface area contributed by atoms with Crippen molar-refractivity contribution in [1.29, 1.82) is 0 Å². The Hall–Kier alpha value is -3.26. The minimum atomic E-state index is -0.473. The van der Waals surface area contributed by atoms with Crippen molar-refractivity contribution < 1.29 is 14.3 Å². The molecule has 0 aliphatic carbocycles. The molecule has 1 aromatic carbocycles. The zero-order valence-corrected chi connectivity index (χ0v) is 17.6. The fourth-order valence-electron chi connectivity index (χ4n) is 3.25. The van der Waals surface area contributed by atoms with Crippen LogP contribution in [0.25, 0.3) is 0 Å². The van der Waals surface area contributed by atoms with Gasteiger partial charge in [0.1, 0.15) is 6.61 Å². The highest BCUT2D eigenvalue weighted by Gasteiger charge is 2.36. The lowest BCUT2D eigenvalue weighted by Gasteiger charge is -2.18. The third-order valence-corrected chi connectivity index (χ3v) is 5.47. The predicted molar refractivity (Wildman–Crippen MR) is 116 cm³/mol. The van der Waals surface area contributed by atoms with Crippen LogP contribution >= 0.6 is 15.9 Å². The van der Waals surface area contributed by atoms with Crippen LogP contribution in [0.15, 0.2) is 71.6 Å². The SMILES string of the molecule is O=C(Nc1ncccc1OCc1ccncc1)C1CC(=O)N(c2ccccc2Br)C1. The molecule has 7 nitrogen and oxygen atoms in total. The first-order valence-electron chi connectivity index (χ1n) is 9.44. The van der Waals surface area contributed by atoms with Gasteiger partial charge in [-0.05, 0) is 57.9 Å². The maximum atomic E-state index is 12.8. The second-order valence-corrected chi connectivity index (χ2v) is 7.69. The van der Waals surface area contributed by atoms with Gasteiger partial charge in [-0.3, -0.25) is 14.6 Å². The Labute approximate surface area is 182 Å². The molecule has 1 aliphatic rings. The van der Waals surface area contributed by atoms with E-state index in [1.165, 1.54) is 0 Å². The summed E-state index contributed by atoms with van der Waals surface area (Å²) in [6.07, 6.45) is 5.12. The van der Waals surface area contributed by atoms with E-state index in [0.29, 0.717) is 24.7 Å². The summed E-state index contributed by atoms with van der Waals surface area (Å²) in [7, 11) is 0. The van der Waals surface area contributed by atoms with E-state index in [2.05, 4.69) is 31.2 Å². The minimum absolute atomic E-state index is 0.0859. The summed E-state index contributed by atoms with van der Waals surface area (Å²) in [5.74, 6) is -0.0137. The molecule has 1 saturated heterocycles. The number of pyridine rings is 2. The van der Waals surface area contributed by atoms with Crippen LogP contribution in [0.2, 0.25) is 0 Å². The summed E-state index contributed by atoms with van der Waals surface area (Å²) in [6.45, 7) is 0.641. The summed E-state index contributed by atoms with van der Waals surface area (Å²) < 4.78 is 6.64. The maximum absolute atomic E-state index is 12.8. The fourth-order valence-corrected chi connectivity index (χ4v) is 3.75. The Kier molecular flexibility index (Phi) is 6.04. The molecule has 2 aromatic heterocycles. The van der Waals surface area contributed by atoms with Gasteiger partial charge in [-0.25, -0.2) is 4.98 Å². The quantitative estimate of drug-likeness (QED) is 0.596. The second kappa shape index (κ2) is 9.04. The standard InChI is InChI=1S/C22H19BrN4O3/c23-17-4-1-2-5-18(17)27-13-16(12-20(27)28)22(29)26-21-19(6-3-9-25-21)30-14-15-7-10-24-11-8-15/h1-11,16H,12-14H2,(H,25,26,29). The van der Waals surface area contributed by atoms with Gasteiger partial charge in [-0.1, -0.05) is 12.1 Å².